The summed E-state index contributed by atoms with van der Waals surface area (Å²) in [7, 11) is 1.84. The molecule has 5 nitrogen and oxygen atoms in total. The van der Waals surface area contributed by atoms with Crippen molar-refractivity contribution in [2.24, 2.45) is 0 Å². The average molecular weight is 204 g/mol. The zero-order valence-corrected chi connectivity index (χ0v) is 8.40. The van der Waals surface area contributed by atoms with Gasteiger partial charge in [-0.15, -0.1) is 0 Å². The zero-order valence-electron chi connectivity index (χ0n) is 8.40. The Morgan fingerprint density at radius 1 is 1.27 bits per heavy atom. The molecule has 2 aromatic heterocycles. The number of anilines is 2. The van der Waals surface area contributed by atoms with E-state index < -0.39 is 0 Å². The van der Waals surface area contributed by atoms with Crippen LogP contribution in [0.2, 0.25) is 0 Å². The van der Waals surface area contributed by atoms with Gasteiger partial charge in [-0.3, -0.25) is 0 Å². The third-order valence-corrected chi connectivity index (χ3v) is 1.94. The van der Waals surface area contributed by atoms with Crippen molar-refractivity contribution in [2.45, 2.75) is 6.54 Å². The highest BCUT2D eigenvalue weighted by molar-refractivity contribution is 5.44. The van der Waals surface area contributed by atoms with Crippen molar-refractivity contribution in [3.63, 3.8) is 0 Å². The first kappa shape index (κ1) is 9.51. The lowest BCUT2D eigenvalue weighted by Gasteiger charge is -2.04. The monoisotopic (exact) mass is 204 g/mol. The molecule has 0 unspecified atom stereocenters. The Morgan fingerprint density at radius 2 is 2.13 bits per heavy atom. The number of aromatic nitrogens is 2. The quantitative estimate of drug-likeness (QED) is 0.794. The molecule has 0 bridgehead atoms. The summed E-state index contributed by atoms with van der Waals surface area (Å²) < 4.78 is 4.96. The van der Waals surface area contributed by atoms with Crippen molar-refractivity contribution < 1.29 is 4.52 Å². The molecule has 0 aliphatic heterocycles. The molecule has 0 aromatic carbocycles. The minimum Gasteiger partial charge on any atom is -0.373 e. The standard InChI is InChI=1S/C10H12N4O/c1-11-9-3-2-4-10(14-9)12-7-8-5-6-13-15-8/h2-6H,7H2,1H3,(H2,11,12,14). The van der Waals surface area contributed by atoms with E-state index in [2.05, 4.69) is 20.8 Å². The molecule has 2 N–H and O–H groups in total. The predicted octanol–water partition coefficient (Wildman–Crippen LogP) is 1.72. The first-order valence-electron chi connectivity index (χ1n) is 4.67. The molecule has 78 valence electrons. The van der Waals surface area contributed by atoms with E-state index >= 15 is 0 Å². The summed E-state index contributed by atoms with van der Waals surface area (Å²) in [5, 5.41) is 9.73. The largest absolute Gasteiger partial charge is 0.373 e. The van der Waals surface area contributed by atoms with Gasteiger partial charge in [0, 0.05) is 13.1 Å². The van der Waals surface area contributed by atoms with Crippen LogP contribution in [0.25, 0.3) is 0 Å². The van der Waals surface area contributed by atoms with Crippen molar-refractivity contribution in [3.05, 3.63) is 36.2 Å². The van der Waals surface area contributed by atoms with Crippen LogP contribution in [0, 0.1) is 0 Å². The summed E-state index contributed by atoms with van der Waals surface area (Å²) in [6.45, 7) is 0.583. The van der Waals surface area contributed by atoms with Crippen LogP contribution in [0.5, 0.6) is 0 Å². The summed E-state index contributed by atoms with van der Waals surface area (Å²) in [5.41, 5.74) is 0. The van der Waals surface area contributed by atoms with Crippen LogP contribution in [0.1, 0.15) is 5.76 Å². The van der Waals surface area contributed by atoms with Crippen LogP contribution in [-0.4, -0.2) is 17.2 Å². The van der Waals surface area contributed by atoms with Gasteiger partial charge in [0.05, 0.1) is 12.7 Å². The molecule has 15 heavy (non-hydrogen) atoms. The van der Waals surface area contributed by atoms with Gasteiger partial charge in [0.15, 0.2) is 5.76 Å². The van der Waals surface area contributed by atoms with Gasteiger partial charge in [0.1, 0.15) is 11.6 Å². The van der Waals surface area contributed by atoms with Crippen molar-refractivity contribution in [1.29, 1.82) is 0 Å². The van der Waals surface area contributed by atoms with Crippen LogP contribution >= 0.6 is 0 Å². The molecule has 0 fully saturated rings. The Morgan fingerprint density at radius 3 is 2.87 bits per heavy atom. The van der Waals surface area contributed by atoms with E-state index in [1.807, 2.05) is 31.3 Å². The fourth-order valence-corrected chi connectivity index (χ4v) is 1.18. The van der Waals surface area contributed by atoms with E-state index in [4.69, 9.17) is 4.52 Å². The Kier molecular flexibility index (Phi) is 2.82. The van der Waals surface area contributed by atoms with E-state index in [0.717, 1.165) is 17.4 Å². The maximum atomic E-state index is 4.96. The highest BCUT2D eigenvalue weighted by atomic mass is 16.5. The number of nitrogens with zero attached hydrogens (tertiary/aromatic N) is 2. The Hall–Kier alpha value is -2.04. The van der Waals surface area contributed by atoms with Gasteiger partial charge in [-0.25, -0.2) is 4.98 Å². The van der Waals surface area contributed by atoms with Gasteiger partial charge >= 0.3 is 0 Å². The van der Waals surface area contributed by atoms with Crippen molar-refractivity contribution >= 4 is 11.6 Å². The van der Waals surface area contributed by atoms with Crippen LogP contribution in [0.3, 0.4) is 0 Å². The van der Waals surface area contributed by atoms with Gasteiger partial charge < -0.3 is 15.2 Å². The fraction of sp³-hybridized carbons (Fsp3) is 0.200. The summed E-state index contributed by atoms with van der Waals surface area (Å²) in [4.78, 5) is 4.31. The minimum atomic E-state index is 0.583. The van der Waals surface area contributed by atoms with Crippen molar-refractivity contribution in [1.82, 2.24) is 10.1 Å². The summed E-state index contributed by atoms with van der Waals surface area (Å²) >= 11 is 0. The Labute approximate surface area is 87.5 Å². The van der Waals surface area contributed by atoms with E-state index in [9.17, 15) is 0 Å². The lowest BCUT2D eigenvalue weighted by molar-refractivity contribution is 0.388. The number of hydrogen-bond donors (Lipinski definition) is 2. The maximum absolute atomic E-state index is 4.96. The van der Waals surface area contributed by atoms with Gasteiger partial charge in [-0.05, 0) is 12.1 Å². The molecule has 0 spiro atoms. The van der Waals surface area contributed by atoms with Crippen LogP contribution in [0.4, 0.5) is 11.6 Å². The van der Waals surface area contributed by atoms with Crippen LogP contribution in [0.15, 0.2) is 35.0 Å². The highest BCUT2D eigenvalue weighted by Gasteiger charge is 1.98. The van der Waals surface area contributed by atoms with Crippen molar-refractivity contribution in [3.8, 4) is 0 Å². The van der Waals surface area contributed by atoms with Crippen molar-refractivity contribution in [2.75, 3.05) is 17.7 Å². The molecule has 0 saturated heterocycles. The number of hydrogen-bond acceptors (Lipinski definition) is 5. The van der Waals surface area contributed by atoms with Gasteiger partial charge in [0.2, 0.25) is 0 Å². The second-order valence-corrected chi connectivity index (χ2v) is 2.99. The lowest BCUT2D eigenvalue weighted by Crippen LogP contribution is -2.01. The topological polar surface area (TPSA) is 63.0 Å². The maximum Gasteiger partial charge on any atom is 0.155 e. The molecule has 0 aliphatic rings. The molecule has 0 atom stereocenters. The lowest BCUT2D eigenvalue weighted by atomic mass is 10.4. The Balaban J connectivity index is 1.98. The minimum absolute atomic E-state index is 0.583. The summed E-state index contributed by atoms with van der Waals surface area (Å²) in [6, 6.07) is 7.55. The molecular formula is C10H12N4O. The third-order valence-electron chi connectivity index (χ3n) is 1.94. The molecular weight excluding hydrogens is 192 g/mol. The van der Waals surface area contributed by atoms with E-state index in [0.29, 0.717) is 6.54 Å². The molecule has 0 saturated carbocycles. The second kappa shape index (κ2) is 4.45. The molecule has 2 heterocycles. The smallest absolute Gasteiger partial charge is 0.155 e. The number of nitrogens with one attached hydrogen (secondary N) is 2. The molecule has 2 rings (SSSR count). The molecule has 2 aromatic rings. The summed E-state index contributed by atoms with van der Waals surface area (Å²) in [5.74, 6) is 2.42. The SMILES string of the molecule is CNc1cccc(NCc2ccno2)n1. The second-order valence-electron chi connectivity index (χ2n) is 2.99. The van der Waals surface area contributed by atoms with E-state index in [-0.39, 0.29) is 0 Å². The van der Waals surface area contributed by atoms with Crippen LogP contribution < -0.4 is 10.6 Å². The predicted molar refractivity (Wildman–Crippen MR) is 57.6 cm³/mol. The fourth-order valence-electron chi connectivity index (χ4n) is 1.18. The highest BCUT2D eigenvalue weighted by Crippen LogP contribution is 2.09. The first-order chi connectivity index (χ1) is 7.38. The third kappa shape index (κ3) is 2.46. The average Bonchev–Trinajstić information content (AvgIpc) is 2.79. The normalized spacial score (nSPS) is 9.93. The Bertz CT molecular complexity index is 413. The number of rotatable bonds is 4. The van der Waals surface area contributed by atoms with E-state index in [1.165, 1.54) is 0 Å². The molecule has 0 aliphatic carbocycles. The van der Waals surface area contributed by atoms with Crippen LogP contribution in [-0.2, 0) is 6.54 Å². The summed E-state index contributed by atoms with van der Waals surface area (Å²) in [6.07, 6.45) is 1.62. The van der Waals surface area contributed by atoms with E-state index in [1.54, 1.807) is 6.20 Å². The molecule has 0 amide bonds. The molecule has 0 radical (unpaired) electrons. The zero-order chi connectivity index (χ0) is 10.5. The number of pyridine rings is 1. The van der Waals surface area contributed by atoms with Gasteiger partial charge in [0.25, 0.3) is 0 Å². The first-order valence-corrected chi connectivity index (χ1v) is 4.67. The van der Waals surface area contributed by atoms with Gasteiger partial charge in [-0.1, -0.05) is 11.2 Å². The van der Waals surface area contributed by atoms with Gasteiger partial charge in [-0.2, -0.15) is 0 Å². The molecule has 5 heteroatoms.